The Morgan fingerprint density at radius 3 is 3.00 bits per heavy atom. The molecule has 1 aliphatic rings. The summed E-state index contributed by atoms with van der Waals surface area (Å²) in [7, 11) is 0. The van der Waals surface area contributed by atoms with Crippen LogP contribution in [0.2, 0.25) is 0 Å². The van der Waals surface area contributed by atoms with Crippen molar-refractivity contribution in [2.75, 3.05) is 13.1 Å². The molecule has 0 aliphatic carbocycles. The number of piperidine rings is 1. The maximum atomic E-state index is 13.0. The van der Waals surface area contributed by atoms with Crippen molar-refractivity contribution < 1.29 is 9.18 Å². The molecule has 1 amide bonds. The van der Waals surface area contributed by atoms with Gasteiger partial charge >= 0.3 is 0 Å². The molecule has 2 unspecified atom stereocenters. The number of hydrogen-bond acceptors (Lipinski definition) is 2. The van der Waals surface area contributed by atoms with Gasteiger partial charge in [-0.2, -0.15) is 0 Å². The summed E-state index contributed by atoms with van der Waals surface area (Å²) in [5.41, 5.74) is 0.539. The van der Waals surface area contributed by atoms with Crippen molar-refractivity contribution >= 4 is 28.5 Å². The Labute approximate surface area is 126 Å². The summed E-state index contributed by atoms with van der Waals surface area (Å²) in [4.78, 5) is 12.2. The van der Waals surface area contributed by atoms with E-state index in [9.17, 15) is 9.18 Å². The van der Waals surface area contributed by atoms with E-state index in [0.29, 0.717) is 15.1 Å². The second-order valence-corrected chi connectivity index (χ2v) is 6.15. The van der Waals surface area contributed by atoms with E-state index in [-0.39, 0.29) is 17.8 Å². The number of carbonyl (C=O) groups is 1. The number of nitrogens with one attached hydrogen (secondary N) is 2. The van der Waals surface area contributed by atoms with E-state index in [1.165, 1.54) is 18.2 Å². The second kappa shape index (κ2) is 6.65. The monoisotopic (exact) mass is 376 g/mol. The normalized spacial score (nSPS) is 20.9. The van der Waals surface area contributed by atoms with Crippen LogP contribution in [0.3, 0.4) is 0 Å². The van der Waals surface area contributed by atoms with Crippen LogP contribution in [0.15, 0.2) is 18.2 Å². The van der Waals surface area contributed by atoms with Crippen molar-refractivity contribution in [2.24, 2.45) is 5.92 Å². The molecule has 1 aliphatic heterocycles. The quantitative estimate of drug-likeness (QED) is 0.797. The molecule has 2 rings (SSSR count). The second-order valence-electron chi connectivity index (χ2n) is 4.99. The number of rotatable bonds is 3. The molecule has 2 N–H and O–H groups in total. The van der Waals surface area contributed by atoms with Gasteiger partial charge in [-0.05, 0) is 79.6 Å². The Morgan fingerprint density at radius 1 is 1.58 bits per heavy atom. The Bertz CT molecular complexity index is 461. The van der Waals surface area contributed by atoms with E-state index in [2.05, 4.69) is 10.6 Å². The predicted molar refractivity (Wildman–Crippen MR) is 81.6 cm³/mol. The first-order valence-corrected chi connectivity index (χ1v) is 7.62. The summed E-state index contributed by atoms with van der Waals surface area (Å²) in [6.45, 7) is 4.04. The van der Waals surface area contributed by atoms with Crippen LogP contribution in [0, 0.1) is 15.3 Å². The molecule has 0 radical (unpaired) electrons. The summed E-state index contributed by atoms with van der Waals surface area (Å²) in [5.74, 6) is 0.0313. The molecule has 3 nitrogen and oxygen atoms in total. The average molecular weight is 376 g/mol. The number of carbonyl (C=O) groups excluding carboxylic acids is 1. The molecular weight excluding hydrogens is 358 g/mol. The Kier molecular flexibility index (Phi) is 5.15. The summed E-state index contributed by atoms with van der Waals surface area (Å²) in [5, 5.41) is 6.37. The van der Waals surface area contributed by atoms with Crippen molar-refractivity contribution in [2.45, 2.75) is 25.8 Å². The molecular formula is C14H18FIN2O. The minimum absolute atomic E-state index is 0.123. The van der Waals surface area contributed by atoms with Gasteiger partial charge in [-0.1, -0.05) is 0 Å². The molecule has 5 heteroatoms. The predicted octanol–water partition coefficient (Wildman–Crippen LogP) is 2.55. The average Bonchev–Trinajstić information content (AvgIpc) is 2.39. The molecule has 0 aromatic heterocycles. The molecule has 104 valence electrons. The molecule has 2 atom stereocenters. The highest BCUT2D eigenvalue weighted by Crippen LogP contribution is 2.17. The van der Waals surface area contributed by atoms with Gasteiger partial charge in [-0.25, -0.2) is 4.39 Å². The highest BCUT2D eigenvalue weighted by atomic mass is 127. The van der Waals surface area contributed by atoms with E-state index < -0.39 is 0 Å². The molecule has 1 aromatic carbocycles. The molecule has 1 heterocycles. The lowest BCUT2D eigenvalue weighted by Gasteiger charge is -2.29. The van der Waals surface area contributed by atoms with Gasteiger partial charge in [-0.3, -0.25) is 4.79 Å². The van der Waals surface area contributed by atoms with Crippen LogP contribution in [0.5, 0.6) is 0 Å². The SMILES string of the molecule is CC(NC(=O)c1ccc(F)cc1I)C1CCCNC1. The lowest BCUT2D eigenvalue weighted by Crippen LogP contribution is -2.44. The Morgan fingerprint density at radius 2 is 2.37 bits per heavy atom. The smallest absolute Gasteiger partial charge is 0.252 e. The van der Waals surface area contributed by atoms with Gasteiger partial charge in [0.15, 0.2) is 0 Å². The first kappa shape index (κ1) is 14.7. The van der Waals surface area contributed by atoms with Crippen LogP contribution in [0.25, 0.3) is 0 Å². The zero-order valence-corrected chi connectivity index (χ0v) is 13.0. The summed E-state index contributed by atoms with van der Waals surface area (Å²) in [6.07, 6.45) is 2.29. The van der Waals surface area contributed by atoms with Crippen molar-refractivity contribution in [3.05, 3.63) is 33.1 Å². The fourth-order valence-electron chi connectivity index (χ4n) is 2.38. The van der Waals surface area contributed by atoms with Gasteiger partial charge in [-0.15, -0.1) is 0 Å². The standard InChI is InChI=1S/C14H18FIN2O/c1-9(10-3-2-6-17-8-10)18-14(19)12-5-4-11(15)7-13(12)16/h4-5,7,9-10,17H,2-3,6,8H2,1H3,(H,18,19). The zero-order valence-electron chi connectivity index (χ0n) is 10.9. The molecule has 1 fully saturated rings. The fraction of sp³-hybridized carbons (Fsp3) is 0.500. The van der Waals surface area contributed by atoms with Crippen LogP contribution >= 0.6 is 22.6 Å². The first-order valence-electron chi connectivity index (χ1n) is 6.54. The van der Waals surface area contributed by atoms with Gasteiger partial charge in [0.2, 0.25) is 0 Å². The highest BCUT2D eigenvalue weighted by Gasteiger charge is 2.22. The van der Waals surface area contributed by atoms with Crippen molar-refractivity contribution in [3.63, 3.8) is 0 Å². The van der Waals surface area contributed by atoms with Crippen LogP contribution in [-0.4, -0.2) is 25.0 Å². The third-order valence-electron chi connectivity index (χ3n) is 3.58. The van der Waals surface area contributed by atoms with Crippen molar-refractivity contribution in [1.29, 1.82) is 0 Å². The lowest BCUT2D eigenvalue weighted by atomic mass is 9.92. The molecule has 19 heavy (non-hydrogen) atoms. The number of amides is 1. The van der Waals surface area contributed by atoms with Gasteiger partial charge < -0.3 is 10.6 Å². The third-order valence-corrected chi connectivity index (χ3v) is 4.47. The number of benzene rings is 1. The topological polar surface area (TPSA) is 41.1 Å². The van der Waals surface area contributed by atoms with E-state index in [4.69, 9.17) is 0 Å². The van der Waals surface area contributed by atoms with Gasteiger partial charge in [0.1, 0.15) is 5.82 Å². The molecule has 0 saturated carbocycles. The minimum atomic E-state index is -0.314. The minimum Gasteiger partial charge on any atom is -0.349 e. The summed E-state index contributed by atoms with van der Waals surface area (Å²) >= 11 is 1.99. The number of halogens is 2. The molecule has 0 bridgehead atoms. The van der Waals surface area contributed by atoms with Gasteiger partial charge in [0, 0.05) is 9.61 Å². The van der Waals surface area contributed by atoms with E-state index in [0.717, 1.165) is 25.9 Å². The first-order chi connectivity index (χ1) is 9.08. The van der Waals surface area contributed by atoms with Crippen LogP contribution in [0.4, 0.5) is 4.39 Å². The highest BCUT2D eigenvalue weighted by molar-refractivity contribution is 14.1. The van der Waals surface area contributed by atoms with Gasteiger partial charge in [0.25, 0.3) is 5.91 Å². The van der Waals surface area contributed by atoms with Crippen LogP contribution in [0.1, 0.15) is 30.1 Å². The third kappa shape index (κ3) is 3.89. The number of hydrogen-bond donors (Lipinski definition) is 2. The van der Waals surface area contributed by atoms with E-state index in [1.54, 1.807) is 0 Å². The summed E-state index contributed by atoms with van der Waals surface area (Å²) < 4.78 is 13.7. The van der Waals surface area contributed by atoms with E-state index in [1.807, 2.05) is 29.5 Å². The lowest BCUT2D eigenvalue weighted by molar-refractivity contribution is 0.0921. The van der Waals surface area contributed by atoms with Gasteiger partial charge in [0.05, 0.1) is 5.56 Å². The van der Waals surface area contributed by atoms with E-state index >= 15 is 0 Å². The molecule has 0 spiro atoms. The molecule has 1 aromatic rings. The fourth-order valence-corrected chi connectivity index (χ4v) is 3.10. The Hall–Kier alpha value is -0.690. The van der Waals surface area contributed by atoms with Crippen molar-refractivity contribution in [3.8, 4) is 0 Å². The molecule has 1 saturated heterocycles. The maximum Gasteiger partial charge on any atom is 0.252 e. The van der Waals surface area contributed by atoms with Crippen molar-refractivity contribution in [1.82, 2.24) is 10.6 Å². The summed E-state index contributed by atoms with van der Waals surface area (Å²) in [6, 6.07) is 4.37. The zero-order chi connectivity index (χ0) is 13.8. The maximum absolute atomic E-state index is 13.0. The van der Waals surface area contributed by atoms with Crippen LogP contribution in [-0.2, 0) is 0 Å². The Balaban J connectivity index is 1.99. The largest absolute Gasteiger partial charge is 0.349 e. The van der Waals surface area contributed by atoms with Crippen LogP contribution < -0.4 is 10.6 Å².